The summed E-state index contributed by atoms with van der Waals surface area (Å²) in [6, 6.07) is 4.06. The predicted octanol–water partition coefficient (Wildman–Crippen LogP) is 0.771. The third kappa shape index (κ3) is 3.73. The van der Waals surface area contributed by atoms with Crippen molar-refractivity contribution in [2.75, 3.05) is 39.9 Å². The van der Waals surface area contributed by atoms with Gasteiger partial charge in [-0.1, -0.05) is 5.16 Å². The second kappa shape index (κ2) is 7.46. The molecule has 26 heavy (non-hydrogen) atoms. The van der Waals surface area contributed by atoms with Crippen LogP contribution < -0.4 is 0 Å². The Bertz CT molecular complexity index is 738. The monoisotopic (exact) mass is 360 g/mol. The Morgan fingerprint density at radius 3 is 2.73 bits per heavy atom. The van der Waals surface area contributed by atoms with Crippen LogP contribution in [0.5, 0.6) is 0 Å². The van der Waals surface area contributed by atoms with Crippen LogP contribution in [-0.2, 0) is 30.9 Å². The van der Waals surface area contributed by atoms with Gasteiger partial charge in [0.05, 0.1) is 43.4 Å². The fourth-order valence-electron chi connectivity index (χ4n) is 3.45. The zero-order valence-corrected chi connectivity index (χ0v) is 15.0. The Hall–Kier alpha value is -2.39. The molecule has 0 unspecified atom stereocenters. The number of nitrogens with zero attached hydrogens (tertiary/aromatic N) is 6. The molecule has 4 heterocycles. The van der Waals surface area contributed by atoms with Crippen LogP contribution >= 0.6 is 0 Å². The van der Waals surface area contributed by atoms with Gasteiger partial charge in [-0.25, -0.2) is 4.79 Å². The summed E-state index contributed by atoms with van der Waals surface area (Å²) in [6.45, 7) is 6.07. The molecule has 1 fully saturated rings. The Kier molecular flexibility index (Phi) is 4.89. The van der Waals surface area contributed by atoms with E-state index in [1.165, 1.54) is 0 Å². The smallest absolute Gasteiger partial charge is 0.320 e. The van der Waals surface area contributed by atoms with Gasteiger partial charge in [0.25, 0.3) is 0 Å². The normalized spacial score (nSPS) is 17.6. The van der Waals surface area contributed by atoms with E-state index < -0.39 is 0 Å². The molecule has 0 aromatic carbocycles. The molecular weight excluding hydrogens is 336 g/mol. The molecule has 4 rings (SSSR count). The van der Waals surface area contributed by atoms with Crippen LogP contribution in [-0.4, -0.2) is 75.6 Å². The average molecular weight is 360 g/mol. The van der Waals surface area contributed by atoms with Crippen molar-refractivity contribution in [1.82, 2.24) is 29.6 Å². The number of fused-ring (bicyclic) bond motifs is 1. The number of hydrogen-bond acceptors (Lipinski definition) is 6. The Labute approximate surface area is 152 Å². The molecule has 2 aromatic rings. The van der Waals surface area contributed by atoms with Crippen molar-refractivity contribution in [1.29, 1.82) is 0 Å². The molecule has 140 valence electrons. The van der Waals surface area contributed by atoms with Crippen LogP contribution in [0.25, 0.3) is 0 Å². The van der Waals surface area contributed by atoms with Gasteiger partial charge in [0.15, 0.2) is 0 Å². The first-order chi connectivity index (χ1) is 12.7. The van der Waals surface area contributed by atoms with Gasteiger partial charge in [0.1, 0.15) is 6.26 Å². The highest BCUT2D eigenvalue weighted by Crippen LogP contribution is 2.17. The molecule has 0 spiro atoms. The molecule has 9 nitrogen and oxygen atoms in total. The molecule has 2 aromatic heterocycles. The lowest BCUT2D eigenvalue weighted by molar-refractivity contribution is 0.0407. The molecule has 2 amide bonds. The number of ether oxygens (including phenoxy) is 1. The SMILES string of the molecule is CN(Cc1ccon1)Cc1cc2n(n1)CCN(C(=O)N1CCOCC1)C2. The number of carbonyl (C=O) groups is 1. The van der Waals surface area contributed by atoms with Crippen LogP contribution in [0.3, 0.4) is 0 Å². The number of aromatic nitrogens is 3. The molecule has 0 aliphatic carbocycles. The first kappa shape index (κ1) is 17.0. The van der Waals surface area contributed by atoms with Gasteiger partial charge in [-0.3, -0.25) is 9.58 Å². The number of hydrogen-bond donors (Lipinski definition) is 0. The van der Waals surface area contributed by atoms with Crippen molar-refractivity contribution in [2.45, 2.75) is 26.2 Å². The van der Waals surface area contributed by atoms with Crippen molar-refractivity contribution in [3.05, 3.63) is 35.5 Å². The van der Waals surface area contributed by atoms with E-state index >= 15 is 0 Å². The highest BCUT2D eigenvalue weighted by Gasteiger charge is 2.27. The maximum atomic E-state index is 12.7. The second-order valence-corrected chi connectivity index (χ2v) is 6.82. The quantitative estimate of drug-likeness (QED) is 0.801. The largest absolute Gasteiger partial charge is 0.378 e. The van der Waals surface area contributed by atoms with E-state index in [1.54, 1.807) is 6.26 Å². The lowest BCUT2D eigenvalue weighted by atomic mass is 10.2. The van der Waals surface area contributed by atoms with Crippen molar-refractivity contribution in [2.24, 2.45) is 0 Å². The number of morpholine rings is 1. The fourth-order valence-corrected chi connectivity index (χ4v) is 3.45. The summed E-state index contributed by atoms with van der Waals surface area (Å²) in [4.78, 5) is 18.6. The van der Waals surface area contributed by atoms with Gasteiger partial charge in [-0.05, 0) is 13.1 Å². The fraction of sp³-hybridized carbons (Fsp3) is 0.588. The number of carbonyl (C=O) groups excluding carboxylic acids is 1. The molecule has 1 saturated heterocycles. The summed E-state index contributed by atoms with van der Waals surface area (Å²) >= 11 is 0. The molecule has 2 aliphatic rings. The summed E-state index contributed by atoms with van der Waals surface area (Å²) in [6.07, 6.45) is 1.58. The highest BCUT2D eigenvalue weighted by atomic mass is 16.5. The first-order valence-electron chi connectivity index (χ1n) is 8.94. The molecule has 9 heteroatoms. The Morgan fingerprint density at radius 1 is 1.15 bits per heavy atom. The molecular formula is C17H24N6O3. The summed E-state index contributed by atoms with van der Waals surface area (Å²) in [7, 11) is 2.03. The van der Waals surface area contributed by atoms with E-state index in [0.717, 1.165) is 30.2 Å². The van der Waals surface area contributed by atoms with Gasteiger partial charge in [0.2, 0.25) is 0 Å². The van der Waals surface area contributed by atoms with Gasteiger partial charge < -0.3 is 19.1 Å². The van der Waals surface area contributed by atoms with Crippen LogP contribution in [0.1, 0.15) is 17.1 Å². The van der Waals surface area contributed by atoms with E-state index in [2.05, 4.69) is 21.2 Å². The Balaban J connectivity index is 1.36. The molecule has 0 atom stereocenters. The third-order valence-electron chi connectivity index (χ3n) is 4.76. The second-order valence-electron chi connectivity index (χ2n) is 6.82. The topological polar surface area (TPSA) is 79.9 Å². The predicted molar refractivity (Wildman–Crippen MR) is 92.1 cm³/mol. The summed E-state index contributed by atoms with van der Waals surface area (Å²) in [5.74, 6) is 0. The standard InChI is InChI=1S/C17H24N6O3/c1-20(11-14-2-7-26-19-14)12-15-10-16-13-22(3-4-23(16)18-15)17(24)21-5-8-25-9-6-21/h2,7,10H,3-6,8-9,11-13H2,1H3. The molecule has 0 bridgehead atoms. The minimum atomic E-state index is 0.102. The molecule has 2 aliphatic heterocycles. The van der Waals surface area contributed by atoms with E-state index in [0.29, 0.717) is 45.9 Å². The van der Waals surface area contributed by atoms with Crippen molar-refractivity contribution in [3.63, 3.8) is 0 Å². The van der Waals surface area contributed by atoms with Crippen LogP contribution in [0.15, 0.2) is 22.9 Å². The maximum absolute atomic E-state index is 12.7. The van der Waals surface area contributed by atoms with Gasteiger partial charge in [-0.2, -0.15) is 5.10 Å². The molecule has 0 saturated carbocycles. The number of rotatable bonds is 4. The van der Waals surface area contributed by atoms with E-state index in [9.17, 15) is 4.79 Å². The van der Waals surface area contributed by atoms with Gasteiger partial charge in [-0.15, -0.1) is 0 Å². The first-order valence-corrected chi connectivity index (χ1v) is 8.94. The van der Waals surface area contributed by atoms with Crippen molar-refractivity contribution < 1.29 is 14.1 Å². The van der Waals surface area contributed by atoms with Crippen molar-refractivity contribution >= 4 is 6.03 Å². The van der Waals surface area contributed by atoms with Gasteiger partial charge >= 0.3 is 6.03 Å². The highest BCUT2D eigenvalue weighted by molar-refractivity contribution is 5.74. The lowest BCUT2D eigenvalue weighted by Gasteiger charge is -2.34. The maximum Gasteiger partial charge on any atom is 0.320 e. The minimum absolute atomic E-state index is 0.102. The summed E-state index contributed by atoms with van der Waals surface area (Å²) in [5, 5.41) is 8.62. The lowest BCUT2D eigenvalue weighted by Crippen LogP contribution is -2.50. The molecule has 0 N–H and O–H groups in total. The average Bonchev–Trinajstić information content (AvgIpc) is 3.30. The van der Waals surface area contributed by atoms with E-state index in [4.69, 9.17) is 9.26 Å². The summed E-state index contributed by atoms with van der Waals surface area (Å²) in [5.41, 5.74) is 2.99. The van der Waals surface area contributed by atoms with Gasteiger partial charge in [0, 0.05) is 38.8 Å². The minimum Gasteiger partial charge on any atom is -0.378 e. The number of amides is 2. The van der Waals surface area contributed by atoms with E-state index in [1.807, 2.05) is 27.6 Å². The van der Waals surface area contributed by atoms with Crippen molar-refractivity contribution in [3.8, 4) is 0 Å². The molecule has 0 radical (unpaired) electrons. The summed E-state index contributed by atoms with van der Waals surface area (Å²) < 4.78 is 12.2. The zero-order chi connectivity index (χ0) is 17.9. The van der Waals surface area contributed by atoms with Crippen LogP contribution in [0.2, 0.25) is 0 Å². The van der Waals surface area contributed by atoms with Crippen LogP contribution in [0, 0.1) is 0 Å². The van der Waals surface area contributed by atoms with E-state index in [-0.39, 0.29) is 6.03 Å². The third-order valence-corrected chi connectivity index (χ3v) is 4.76. The number of urea groups is 1. The zero-order valence-electron chi connectivity index (χ0n) is 15.0. The van der Waals surface area contributed by atoms with Crippen LogP contribution in [0.4, 0.5) is 4.79 Å². The Morgan fingerprint density at radius 2 is 1.96 bits per heavy atom.